The quantitative estimate of drug-likeness (QED) is 0.645. The molecule has 0 atom stereocenters. The number of hydrogen-bond donors (Lipinski definition) is 0. The molecule has 128 valence electrons. The van der Waals surface area contributed by atoms with Crippen LogP contribution in [0, 0.1) is 0 Å². The van der Waals surface area contributed by atoms with E-state index >= 15 is 0 Å². The van der Waals surface area contributed by atoms with Crippen molar-refractivity contribution in [3.05, 3.63) is 57.8 Å². The molecule has 1 aromatic carbocycles. The molecule has 0 aliphatic carbocycles. The highest BCUT2D eigenvalue weighted by Crippen LogP contribution is 2.25. The highest BCUT2D eigenvalue weighted by molar-refractivity contribution is 7.99. The van der Waals surface area contributed by atoms with Crippen molar-refractivity contribution in [3.8, 4) is 0 Å². The number of rotatable bonds is 5. The molecule has 25 heavy (non-hydrogen) atoms. The molecule has 3 aromatic rings. The van der Waals surface area contributed by atoms with Gasteiger partial charge in [-0.25, -0.2) is 4.68 Å². The predicted octanol–water partition coefficient (Wildman–Crippen LogP) is 2.46. The summed E-state index contributed by atoms with van der Waals surface area (Å²) in [5.74, 6) is 0.491. The first-order chi connectivity index (χ1) is 12.3. The van der Waals surface area contributed by atoms with Crippen molar-refractivity contribution in [1.29, 1.82) is 0 Å². The zero-order valence-electron chi connectivity index (χ0n) is 13.5. The topological polar surface area (TPSA) is 63.9 Å². The van der Waals surface area contributed by atoms with E-state index in [0.717, 1.165) is 18.5 Å². The van der Waals surface area contributed by atoms with Crippen LogP contribution in [0.3, 0.4) is 0 Å². The standard InChI is InChI=1S/C17H17N5OS2/c23-16(21-8-6-15-14(11-21)7-9-24-15)12-25-17-18-19-20-22(17)10-13-4-2-1-3-5-13/h1-5,7,9H,6,8,10-12H2. The molecule has 3 heterocycles. The molecule has 0 spiro atoms. The smallest absolute Gasteiger partial charge is 0.233 e. The summed E-state index contributed by atoms with van der Waals surface area (Å²) in [6.07, 6.45) is 0.954. The van der Waals surface area contributed by atoms with Crippen molar-refractivity contribution in [2.45, 2.75) is 24.7 Å². The molecule has 1 aliphatic heterocycles. The number of carbonyl (C=O) groups is 1. The Morgan fingerprint density at radius 1 is 1.24 bits per heavy atom. The lowest BCUT2D eigenvalue weighted by atomic mass is 10.1. The van der Waals surface area contributed by atoms with Gasteiger partial charge in [0.25, 0.3) is 0 Å². The molecule has 2 aromatic heterocycles. The first kappa shape index (κ1) is 16.3. The van der Waals surface area contributed by atoms with E-state index < -0.39 is 0 Å². The van der Waals surface area contributed by atoms with Crippen LogP contribution in [-0.4, -0.2) is 43.3 Å². The Hall–Kier alpha value is -2.19. The average Bonchev–Trinajstić information content (AvgIpc) is 3.29. The third-order valence-corrected chi connectivity index (χ3v) is 6.12. The van der Waals surface area contributed by atoms with Gasteiger partial charge in [-0.05, 0) is 39.4 Å². The molecule has 0 saturated carbocycles. The number of aromatic nitrogens is 4. The van der Waals surface area contributed by atoms with Crippen LogP contribution in [0.5, 0.6) is 0 Å². The normalized spacial score (nSPS) is 13.7. The van der Waals surface area contributed by atoms with E-state index in [1.54, 1.807) is 16.0 Å². The van der Waals surface area contributed by atoms with Crippen molar-refractivity contribution >= 4 is 29.0 Å². The highest BCUT2D eigenvalue weighted by atomic mass is 32.2. The molecule has 6 nitrogen and oxygen atoms in total. The lowest BCUT2D eigenvalue weighted by Crippen LogP contribution is -2.36. The Morgan fingerprint density at radius 3 is 3.00 bits per heavy atom. The highest BCUT2D eigenvalue weighted by Gasteiger charge is 2.22. The third kappa shape index (κ3) is 3.74. The van der Waals surface area contributed by atoms with Crippen LogP contribution in [0.15, 0.2) is 46.9 Å². The number of nitrogens with zero attached hydrogens (tertiary/aromatic N) is 5. The molecule has 0 bridgehead atoms. The van der Waals surface area contributed by atoms with E-state index in [1.165, 1.54) is 22.2 Å². The lowest BCUT2D eigenvalue weighted by Gasteiger charge is -2.26. The first-order valence-corrected chi connectivity index (χ1v) is 9.92. The van der Waals surface area contributed by atoms with Crippen LogP contribution >= 0.6 is 23.1 Å². The maximum absolute atomic E-state index is 12.5. The summed E-state index contributed by atoms with van der Waals surface area (Å²) in [6, 6.07) is 12.2. The van der Waals surface area contributed by atoms with Gasteiger partial charge in [-0.2, -0.15) is 0 Å². The fourth-order valence-corrected chi connectivity index (χ4v) is 4.50. The molecule has 0 unspecified atom stereocenters. The van der Waals surface area contributed by atoms with Crippen LogP contribution < -0.4 is 0 Å². The Balaban J connectivity index is 1.36. The minimum absolute atomic E-state index is 0.135. The van der Waals surface area contributed by atoms with Crippen LogP contribution in [0.2, 0.25) is 0 Å². The SMILES string of the molecule is O=C(CSc1nnnn1Cc1ccccc1)N1CCc2sccc2C1. The van der Waals surface area contributed by atoms with Gasteiger partial charge in [-0.15, -0.1) is 16.4 Å². The maximum Gasteiger partial charge on any atom is 0.233 e. The van der Waals surface area contributed by atoms with Gasteiger partial charge in [0.15, 0.2) is 0 Å². The number of thiophene rings is 1. The molecule has 1 amide bonds. The van der Waals surface area contributed by atoms with Gasteiger partial charge in [-0.3, -0.25) is 4.79 Å². The Bertz CT molecular complexity index is 861. The molecule has 0 radical (unpaired) electrons. The van der Waals surface area contributed by atoms with Crippen LogP contribution in [0.25, 0.3) is 0 Å². The van der Waals surface area contributed by atoms with Gasteiger partial charge in [0, 0.05) is 18.0 Å². The van der Waals surface area contributed by atoms with E-state index in [0.29, 0.717) is 24.0 Å². The second-order valence-electron chi connectivity index (χ2n) is 5.83. The van der Waals surface area contributed by atoms with Gasteiger partial charge < -0.3 is 4.90 Å². The predicted molar refractivity (Wildman–Crippen MR) is 97.5 cm³/mol. The summed E-state index contributed by atoms with van der Waals surface area (Å²) in [5.41, 5.74) is 2.41. The van der Waals surface area contributed by atoms with E-state index in [2.05, 4.69) is 27.0 Å². The molecular formula is C17H17N5OS2. The summed E-state index contributed by atoms with van der Waals surface area (Å²) >= 11 is 3.18. The van der Waals surface area contributed by atoms with Crippen molar-refractivity contribution < 1.29 is 4.79 Å². The molecule has 4 rings (SSSR count). The van der Waals surface area contributed by atoms with Gasteiger partial charge in [0.05, 0.1) is 12.3 Å². The Morgan fingerprint density at radius 2 is 2.12 bits per heavy atom. The summed E-state index contributed by atoms with van der Waals surface area (Å²) in [7, 11) is 0. The molecule has 0 fully saturated rings. The number of amides is 1. The number of benzene rings is 1. The molecule has 8 heteroatoms. The molecule has 1 aliphatic rings. The lowest BCUT2D eigenvalue weighted by molar-refractivity contribution is -0.129. The first-order valence-electron chi connectivity index (χ1n) is 8.05. The monoisotopic (exact) mass is 371 g/mol. The minimum Gasteiger partial charge on any atom is -0.337 e. The number of thioether (sulfide) groups is 1. The van der Waals surface area contributed by atoms with Crippen molar-refractivity contribution in [2.75, 3.05) is 12.3 Å². The summed E-state index contributed by atoms with van der Waals surface area (Å²) in [5, 5.41) is 14.6. The Labute approximate surface area is 153 Å². The van der Waals surface area contributed by atoms with E-state index in [1.807, 2.05) is 35.2 Å². The summed E-state index contributed by atoms with van der Waals surface area (Å²) in [4.78, 5) is 15.9. The van der Waals surface area contributed by atoms with Crippen LogP contribution in [0.1, 0.15) is 16.0 Å². The summed E-state index contributed by atoms with van der Waals surface area (Å²) < 4.78 is 1.74. The van der Waals surface area contributed by atoms with Gasteiger partial charge in [0.2, 0.25) is 11.1 Å². The van der Waals surface area contributed by atoms with Crippen LogP contribution in [0.4, 0.5) is 0 Å². The van der Waals surface area contributed by atoms with Gasteiger partial charge >= 0.3 is 0 Å². The largest absolute Gasteiger partial charge is 0.337 e. The van der Waals surface area contributed by atoms with Crippen LogP contribution in [-0.2, 0) is 24.3 Å². The summed E-state index contributed by atoms with van der Waals surface area (Å²) in [6.45, 7) is 2.11. The molecule has 0 saturated heterocycles. The zero-order valence-corrected chi connectivity index (χ0v) is 15.2. The fraction of sp³-hybridized carbons (Fsp3) is 0.294. The van der Waals surface area contributed by atoms with Crippen molar-refractivity contribution in [2.24, 2.45) is 0 Å². The third-order valence-electron chi connectivity index (χ3n) is 4.16. The van der Waals surface area contributed by atoms with Gasteiger partial charge in [-0.1, -0.05) is 42.1 Å². The maximum atomic E-state index is 12.5. The van der Waals surface area contributed by atoms with E-state index in [9.17, 15) is 4.79 Å². The number of hydrogen-bond acceptors (Lipinski definition) is 6. The number of carbonyl (C=O) groups excluding carboxylic acids is 1. The average molecular weight is 371 g/mol. The zero-order chi connectivity index (χ0) is 17.1. The van der Waals surface area contributed by atoms with Crippen molar-refractivity contribution in [3.63, 3.8) is 0 Å². The number of tetrazole rings is 1. The Kier molecular flexibility index (Phi) is 4.80. The second kappa shape index (κ2) is 7.37. The van der Waals surface area contributed by atoms with Gasteiger partial charge in [0.1, 0.15) is 0 Å². The fourth-order valence-electron chi connectivity index (χ4n) is 2.83. The van der Waals surface area contributed by atoms with E-state index in [-0.39, 0.29) is 5.91 Å². The minimum atomic E-state index is 0.135. The second-order valence-corrected chi connectivity index (χ2v) is 7.77. The molecule has 0 N–H and O–H groups in total. The number of fused-ring (bicyclic) bond motifs is 1. The van der Waals surface area contributed by atoms with E-state index in [4.69, 9.17) is 0 Å². The molecular weight excluding hydrogens is 354 g/mol. The van der Waals surface area contributed by atoms with Crippen molar-refractivity contribution in [1.82, 2.24) is 25.1 Å².